The summed E-state index contributed by atoms with van der Waals surface area (Å²) in [5.41, 5.74) is 2.03. The number of amides is 1. The lowest BCUT2D eigenvalue weighted by atomic mass is 10.1. The molecule has 0 radical (unpaired) electrons. The number of esters is 2. The molecule has 1 amide bonds. The van der Waals surface area contributed by atoms with E-state index in [0.29, 0.717) is 12.1 Å². The molecule has 0 spiro atoms. The van der Waals surface area contributed by atoms with Crippen molar-refractivity contribution in [2.75, 3.05) is 18.5 Å². The van der Waals surface area contributed by atoms with Crippen LogP contribution in [0, 0.1) is 13.8 Å². The van der Waals surface area contributed by atoms with Crippen LogP contribution >= 0.6 is 0 Å². The molecular formula is C20H26N4O5. The van der Waals surface area contributed by atoms with Gasteiger partial charge in [0.2, 0.25) is 11.6 Å². The molecule has 1 aromatic heterocycles. The number of carbonyl (C=O) groups is 3. The molecule has 9 heteroatoms. The van der Waals surface area contributed by atoms with Crippen LogP contribution in [-0.4, -0.2) is 46.1 Å². The number of benzene rings is 1. The lowest BCUT2D eigenvalue weighted by Gasteiger charge is -2.19. The molecule has 0 unspecified atom stereocenters. The van der Waals surface area contributed by atoms with Gasteiger partial charge in [-0.15, -0.1) is 5.10 Å². The Labute approximate surface area is 169 Å². The van der Waals surface area contributed by atoms with Gasteiger partial charge in [0.1, 0.15) is 6.04 Å². The molecule has 0 aliphatic heterocycles. The highest BCUT2D eigenvalue weighted by molar-refractivity contribution is 6.01. The molecule has 0 aliphatic rings. The summed E-state index contributed by atoms with van der Waals surface area (Å²) in [4.78, 5) is 37.7. The zero-order valence-electron chi connectivity index (χ0n) is 17.3. The van der Waals surface area contributed by atoms with E-state index < -0.39 is 18.0 Å². The number of carbonyl (C=O) groups excluding carboxylic acids is 3. The van der Waals surface area contributed by atoms with Gasteiger partial charge in [-0.2, -0.15) is 0 Å². The van der Waals surface area contributed by atoms with Crippen LogP contribution in [0.2, 0.25) is 0 Å². The minimum absolute atomic E-state index is 0.0949. The van der Waals surface area contributed by atoms with Gasteiger partial charge in [-0.3, -0.25) is 4.79 Å². The molecule has 1 N–H and O–H groups in total. The summed E-state index contributed by atoms with van der Waals surface area (Å²) in [5, 5.41) is 10.6. The van der Waals surface area contributed by atoms with Gasteiger partial charge < -0.3 is 14.8 Å². The number of hydrogen-bond donors (Lipinski definition) is 1. The first kappa shape index (κ1) is 22.1. The molecule has 1 atom stereocenters. The maximum absolute atomic E-state index is 13.0. The molecule has 0 saturated carbocycles. The topological polar surface area (TPSA) is 112 Å². The number of rotatable bonds is 8. The molecule has 2 aromatic rings. The number of nitrogens with one attached hydrogen (secondary N) is 1. The summed E-state index contributed by atoms with van der Waals surface area (Å²) in [6, 6.07) is 4.81. The second kappa shape index (κ2) is 9.81. The van der Waals surface area contributed by atoms with Gasteiger partial charge in [0.15, 0.2) is 5.69 Å². The normalized spacial score (nSPS) is 11.6. The van der Waals surface area contributed by atoms with E-state index in [0.717, 1.165) is 15.8 Å². The van der Waals surface area contributed by atoms with E-state index in [-0.39, 0.29) is 30.5 Å². The number of anilines is 1. The summed E-state index contributed by atoms with van der Waals surface area (Å²) in [6.07, 6.45) is 0.314. The van der Waals surface area contributed by atoms with Crippen molar-refractivity contribution in [2.24, 2.45) is 0 Å². The number of ether oxygens (including phenoxy) is 2. The summed E-state index contributed by atoms with van der Waals surface area (Å²) >= 11 is 0. The fourth-order valence-electron chi connectivity index (χ4n) is 2.93. The zero-order valence-corrected chi connectivity index (χ0v) is 17.3. The third-order valence-electron chi connectivity index (χ3n) is 4.35. The Morgan fingerprint density at radius 1 is 1.03 bits per heavy atom. The van der Waals surface area contributed by atoms with Crippen LogP contribution in [0.15, 0.2) is 18.2 Å². The van der Waals surface area contributed by atoms with Crippen molar-refractivity contribution in [3.63, 3.8) is 0 Å². The molecule has 1 heterocycles. The van der Waals surface area contributed by atoms with Crippen molar-refractivity contribution in [2.45, 2.75) is 47.1 Å². The van der Waals surface area contributed by atoms with Crippen LogP contribution < -0.4 is 5.32 Å². The lowest BCUT2D eigenvalue weighted by molar-refractivity contribution is -0.119. The first-order chi connectivity index (χ1) is 13.8. The van der Waals surface area contributed by atoms with Gasteiger partial charge in [0.05, 0.1) is 13.2 Å². The van der Waals surface area contributed by atoms with Crippen molar-refractivity contribution in [3.05, 3.63) is 40.7 Å². The van der Waals surface area contributed by atoms with E-state index in [4.69, 9.17) is 9.47 Å². The van der Waals surface area contributed by atoms with Crippen LogP contribution in [0.25, 0.3) is 0 Å². The van der Waals surface area contributed by atoms with Gasteiger partial charge in [-0.25, -0.2) is 14.3 Å². The quantitative estimate of drug-likeness (QED) is 0.676. The molecule has 2 rings (SSSR count). The highest BCUT2D eigenvalue weighted by atomic mass is 16.5. The Bertz CT molecular complexity index is 886. The minimum atomic E-state index is -0.871. The van der Waals surface area contributed by atoms with Gasteiger partial charge in [-0.1, -0.05) is 30.3 Å². The number of para-hydroxylation sites is 1. The largest absolute Gasteiger partial charge is 0.461 e. The van der Waals surface area contributed by atoms with Crippen LogP contribution in [-0.2, 0) is 14.3 Å². The molecule has 156 valence electrons. The van der Waals surface area contributed by atoms with E-state index >= 15 is 0 Å². The molecule has 29 heavy (non-hydrogen) atoms. The number of nitrogens with zero attached hydrogens (tertiary/aromatic N) is 3. The standard InChI is InChI=1S/C20H26N4O5/c1-6-14(18(25)21-15-12(4)10-9-11-13(15)5)24-17(20(27)29-8-3)16(22-23-24)19(26)28-7-2/h9-11,14H,6-8H2,1-5H3,(H,21,25)/t14-/m1/s1. The van der Waals surface area contributed by atoms with Crippen molar-refractivity contribution in [1.29, 1.82) is 0 Å². The van der Waals surface area contributed by atoms with Crippen molar-refractivity contribution < 1.29 is 23.9 Å². The minimum Gasteiger partial charge on any atom is -0.461 e. The molecule has 0 saturated heterocycles. The molecule has 9 nitrogen and oxygen atoms in total. The SMILES string of the molecule is CCOC(=O)c1nnn([C@H](CC)C(=O)Nc2c(C)cccc2C)c1C(=O)OCC. The average Bonchev–Trinajstić information content (AvgIpc) is 3.11. The van der Waals surface area contributed by atoms with E-state index in [2.05, 4.69) is 15.6 Å². The summed E-state index contributed by atoms with van der Waals surface area (Å²) in [7, 11) is 0. The Kier molecular flexibility index (Phi) is 7.46. The lowest BCUT2D eigenvalue weighted by Crippen LogP contribution is -2.30. The maximum Gasteiger partial charge on any atom is 0.361 e. The predicted molar refractivity (Wildman–Crippen MR) is 106 cm³/mol. The van der Waals surface area contributed by atoms with E-state index in [1.807, 2.05) is 32.0 Å². The second-order valence-electron chi connectivity index (χ2n) is 6.35. The maximum atomic E-state index is 13.0. The first-order valence-corrected chi connectivity index (χ1v) is 9.52. The highest BCUT2D eigenvalue weighted by Gasteiger charge is 2.33. The van der Waals surface area contributed by atoms with Crippen molar-refractivity contribution >= 4 is 23.5 Å². The third kappa shape index (κ3) is 4.79. The highest BCUT2D eigenvalue weighted by Crippen LogP contribution is 2.23. The fourth-order valence-corrected chi connectivity index (χ4v) is 2.93. The van der Waals surface area contributed by atoms with Crippen LogP contribution in [0.3, 0.4) is 0 Å². The van der Waals surface area contributed by atoms with Crippen LogP contribution in [0.5, 0.6) is 0 Å². The van der Waals surface area contributed by atoms with Crippen LogP contribution in [0.4, 0.5) is 5.69 Å². The van der Waals surface area contributed by atoms with Gasteiger partial charge in [-0.05, 0) is 45.2 Å². The van der Waals surface area contributed by atoms with Gasteiger partial charge in [0, 0.05) is 5.69 Å². The number of aryl methyl sites for hydroxylation is 2. The zero-order chi connectivity index (χ0) is 21.6. The molecule has 1 aromatic carbocycles. The van der Waals surface area contributed by atoms with Crippen molar-refractivity contribution in [1.82, 2.24) is 15.0 Å². The predicted octanol–water partition coefficient (Wildman–Crippen LogP) is 2.84. The molecule has 0 aliphatic carbocycles. The number of hydrogen-bond acceptors (Lipinski definition) is 7. The Morgan fingerprint density at radius 3 is 2.17 bits per heavy atom. The van der Waals surface area contributed by atoms with Gasteiger partial charge in [0.25, 0.3) is 0 Å². The smallest absolute Gasteiger partial charge is 0.361 e. The Morgan fingerprint density at radius 2 is 1.62 bits per heavy atom. The summed E-state index contributed by atoms with van der Waals surface area (Å²) < 4.78 is 11.1. The monoisotopic (exact) mass is 402 g/mol. The van der Waals surface area contributed by atoms with Crippen LogP contribution in [0.1, 0.15) is 65.3 Å². The van der Waals surface area contributed by atoms with Gasteiger partial charge >= 0.3 is 11.9 Å². The summed E-state index contributed by atoms with van der Waals surface area (Å²) in [5.74, 6) is -1.97. The average molecular weight is 402 g/mol. The molecule has 0 bridgehead atoms. The van der Waals surface area contributed by atoms with E-state index in [1.165, 1.54) is 0 Å². The van der Waals surface area contributed by atoms with E-state index in [9.17, 15) is 14.4 Å². The number of aromatic nitrogens is 3. The summed E-state index contributed by atoms with van der Waals surface area (Å²) in [6.45, 7) is 9.04. The Hall–Kier alpha value is -3.23. The third-order valence-corrected chi connectivity index (χ3v) is 4.35. The molecule has 0 fully saturated rings. The Balaban J connectivity index is 2.45. The molecular weight excluding hydrogens is 376 g/mol. The first-order valence-electron chi connectivity index (χ1n) is 9.52. The fraction of sp³-hybridized carbons (Fsp3) is 0.450. The second-order valence-corrected chi connectivity index (χ2v) is 6.35. The van der Waals surface area contributed by atoms with E-state index in [1.54, 1.807) is 20.8 Å². The van der Waals surface area contributed by atoms with Crippen molar-refractivity contribution in [3.8, 4) is 0 Å².